The molecule has 4 rings (SSSR count). The highest BCUT2D eigenvalue weighted by molar-refractivity contribution is 7.89. The molecule has 0 saturated carbocycles. The molecule has 2 aliphatic heterocycles. The number of piperidine rings is 1. The third-order valence-electron chi connectivity index (χ3n) is 6.50. The van der Waals surface area contributed by atoms with Crippen LogP contribution in [0, 0.1) is 0 Å². The number of nitrogens with one attached hydrogen (secondary N) is 2. The van der Waals surface area contributed by atoms with E-state index in [0.29, 0.717) is 37.9 Å². The van der Waals surface area contributed by atoms with Crippen molar-refractivity contribution < 1.29 is 32.9 Å². The lowest BCUT2D eigenvalue weighted by Gasteiger charge is -2.38. The zero-order valence-electron chi connectivity index (χ0n) is 20.0. The largest absolute Gasteiger partial charge is 0.491 e. The molecule has 1 aromatic carbocycles. The van der Waals surface area contributed by atoms with Crippen molar-refractivity contribution in [2.75, 3.05) is 44.8 Å². The quantitative estimate of drug-likeness (QED) is 0.339. The van der Waals surface area contributed by atoms with Gasteiger partial charge in [-0.05, 0) is 44.5 Å². The predicted molar refractivity (Wildman–Crippen MR) is 130 cm³/mol. The summed E-state index contributed by atoms with van der Waals surface area (Å²) in [7, 11) is -2.23. The number of ether oxygens (including phenoxy) is 2. The van der Waals surface area contributed by atoms with Crippen molar-refractivity contribution in [2.45, 2.75) is 41.9 Å². The van der Waals surface area contributed by atoms with E-state index in [4.69, 9.17) is 14.6 Å². The van der Waals surface area contributed by atoms with Gasteiger partial charge in [0.05, 0.1) is 17.1 Å². The molecule has 1 spiro atoms. The van der Waals surface area contributed by atoms with Crippen LogP contribution in [0.2, 0.25) is 0 Å². The second-order valence-corrected chi connectivity index (χ2v) is 10.9. The molecule has 2 saturated heterocycles. The summed E-state index contributed by atoms with van der Waals surface area (Å²) in [5.74, 6) is -0.309. The molecule has 12 nitrogen and oxygen atoms in total. The summed E-state index contributed by atoms with van der Waals surface area (Å²) in [4.78, 5) is 21.6. The number of sulfonamides is 1. The van der Waals surface area contributed by atoms with E-state index in [-0.39, 0.29) is 28.8 Å². The highest BCUT2D eigenvalue weighted by Gasteiger charge is 2.43. The van der Waals surface area contributed by atoms with Crippen LogP contribution >= 0.6 is 0 Å². The van der Waals surface area contributed by atoms with E-state index >= 15 is 0 Å². The third kappa shape index (κ3) is 6.28. The number of benzene rings is 1. The van der Waals surface area contributed by atoms with Crippen LogP contribution < -0.4 is 19.7 Å². The van der Waals surface area contributed by atoms with Gasteiger partial charge in [0, 0.05) is 37.9 Å². The number of rotatable bonds is 10. The summed E-state index contributed by atoms with van der Waals surface area (Å²) in [6.07, 6.45) is 3.01. The minimum Gasteiger partial charge on any atom is -0.491 e. The van der Waals surface area contributed by atoms with Gasteiger partial charge in [-0.25, -0.2) is 27.9 Å². The zero-order valence-corrected chi connectivity index (χ0v) is 20.8. The Bertz CT molecular complexity index is 1170. The summed E-state index contributed by atoms with van der Waals surface area (Å²) >= 11 is 0. The minimum atomic E-state index is -3.57. The summed E-state index contributed by atoms with van der Waals surface area (Å²) < 4.78 is 37.9. The lowest BCUT2D eigenvalue weighted by atomic mass is 9.87. The van der Waals surface area contributed by atoms with E-state index in [1.165, 1.54) is 31.4 Å². The molecule has 1 unspecified atom stereocenters. The maximum absolute atomic E-state index is 11.9. The molecule has 0 aliphatic carbocycles. The molecule has 13 heteroatoms. The van der Waals surface area contributed by atoms with Gasteiger partial charge in [0.15, 0.2) is 5.69 Å². The first-order valence-corrected chi connectivity index (χ1v) is 13.2. The van der Waals surface area contributed by atoms with Gasteiger partial charge in [-0.1, -0.05) is 6.07 Å². The Hall–Kier alpha value is -2.84. The molecule has 2 aliphatic rings. The minimum absolute atomic E-state index is 0.0130. The maximum Gasteiger partial charge on any atom is 0.354 e. The van der Waals surface area contributed by atoms with Crippen molar-refractivity contribution in [2.24, 2.45) is 0 Å². The molecule has 2 fully saturated rings. The molecule has 2 atom stereocenters. The zero-order chi connectivity index (χ0) is 25.8. The Labute approximate surface area is 209 Å². The molecule has 4 N–H and O–H groups in total. The van der Waals surface area contributed by atoms with Crippen molar-refractivity contribution >= 4 is 21.9 Å². The number of aromatic nitrogens is 2. The number of carboxylic acid groups (broad SMARTS) is 1. The summed E-state index contributed by atoms with van der Waals surface area (Å²) in [5.41, 5.74) is -0.292. The Morgan fingerprint density at radius 2 is 2.11 bits per heavy atom. The predicted octanol–water partition coefficient (Wildman–Crippen LogP) is 0.240. The van der Waals surface area contributed by atoms with Crippen molar-refractivity contribution in [3.63, 3.8) is 0 Å². The average molecular weight is 522 g/mol. The lowest BCUT2D eigenvalue weighted by molar-refractivity contribution is -0.0152. The van der Waals surface area contributed by atoms with Crippen LogP contribution in [0.3, 0.4) is 0 Å². The molecular formula is C23H31N5O7S. The average Bonchev–Trinajstić information content (AvgIpc) is 3.29. The Morgan fingerprint density at radius 1 is 1.33 bits per heavy atom. The molecule has 1 aromatic heterocycles. The van der Waals surface area contributed by atoms with Crippen molar-refractivity contribution in [3.8, 4) is 5.75 Å². The van der Waals surface area contributed by atoms with Gasteiger partial charge < -0.3 is 29.9 Å². The van der Waals surface area contributed by atoms with Crippen LogP contribution in [0.1, 0.15) is 29.8 Å². The number of hydrogen-bond acceptors (Lipinski definition) is 10. The van der Waals surface area contributed by atoms with Gasteiger partial charge in [-0.3, -0.25) is 0 Å². The van der Waals surface area contributed by atoms with Crippen molar-refractivity contribution in [3.05, 3.63) is 42.2 Å². The normalized spacial score (nSPS) is 20.4. The number of aromatic carboxylic acids is 1. The van der Waals surface area contributed by atoms with Crippen LogP contribution in [0.5, 0.6) is 5.75 Å². The Kier molecular flexibility index (Phi) is 8.05. The van der Waals surface area contributed by atoms with Crippen molar-refractivity contribution in [1.82, 2.24) is 20.0 Å². The molecule has 3 heterocycles. The lowest BCUT2D eigenvalue weighted by Crippen LogP contribution is -2.46. The maximum atomic E-state index is 11.9. The number of hydrogen-bond donors (Lipinski definition) is 4. The van der Waals surface area contributed by atoms with Crippen LogP contribution in [0.4, 0.5) is 5.95 Å². The van der Waals surface area contributed by atoms with Crippen LogP contribution in [0.15, 0.2) is 41.4 Å². The van der Waals surface area contributed by atoms with Gasteiger partial charge in [-0.2, -0.15) is 0 Å². The smallest absolute Gasteiger partial charge is 0.354 e. The topological polar surface area (TPSA) is 163 Å². The molecule has 0 bridgehead atoms. The second-order valence-electron chi connectivity index (χ2n) is 8.98. The first-order chi connectivity index (χ1) is 17.2. The van der Waals surface area contributed by atoms with Gasteiger partial charge in [0.25, 0.3) is 0 Å². The first-order valence-electron chi connectivity index (χ1n) is 11.7. The van der Waals surface area contributed by atoms with E-state index in [2.05, 4.69) is 20.0 Å². The highest BCUT2D eigenvalue weighted by atomic mass is 32.2. The number of carbonyl (C=O) groups is 1. The highest BCUT2D eigenvalue weighted by Crippen LogP contribution is 2.36. The fourth-order valence-corrected chi connectivity index (χ4v) is 5.23. The molecule has 0 radical (unpaired) electrons. The Balaban J connectivity index is 1.21. The summed E-state index contributed by atoms with van der Waals surface area (Å²) in [6.45, 7) is 2.17. The molecule has 36 heavy (non-hydrogen) atoms. The number of anilines is 1. The molecule has 196 valence electrons. The van der Waals surface area contributed by atoms with Gasteiger partial charge >= 0.3 is 5.97 Å². The fourth-order valence-electron chi connectivity index (χ4n) is 4.46. The second kappa shape index (κ2) is 11.0. The van der Waals surface area contributed by atoms with Gasteiger partial charge in [0.2, 0.25) is 16.0 Å². The molecular weight excluding hydrogens is 490 g/mol. The first kappa shape index (κ1) is 26.2. The Morgan fingerprint density at radius 3 is 2.83 bits per heavy atom. The van der Waals surface area contributed by atoms with E-state index in [9.17, 15) is 18.3 Å². The monoisotopic (exact) mass is 521 g/mol. The standard InChI is InChI=1S/C23H31N5O7S/c1-24-36(32,33)19-4-2-3-18(11-19)34-15-17(29)13-26-16-12-23(35-14-16)6-9-28(10-7-23)22-25-8-5-20(27-22)21(30)31/h2-5,8,11,16-17,24,26,29H,6-7,9-10,12-15H2,1H3,(H,30,31)/t16-,17?/m1/s1. The number of aliphatic hydroxyl groups is 1. The number of nitrogens with zero attached hydrogens (tertiary/aromatic N) is 3. The summed E-state index contributed by atoms with van der Waals surface area (Å²) in [6, 6.07) is 7.56. The van der Waals surface area contributed by atoms with E-state index in [0.717, 1.165) is 19.3 Å². The van der Waals surface area contributed by atoms with E-state index in [1.54, 1.807) is 12.1 Å². The van der Waals surface area contributed by atoms with E-state index in [1.807, 2.05) is 4.90 Å². The van der Waals surface area contributed by atoms with Crippen LogP contribution in [-0.4, -0.2) is 92.2 Å². The van der Waals surface area contributed by atoms with Crippen LogP contribution in [0.25, 0.3) is 0 Å². The molecule has 0 amide bonds. The van der Waals surface area contributed by atoms with Gasteiger partial charge in [-0.15, -0.1) is 0 Å². The fraction of sp³-hybridized carbons (Fsp3) is 0.522. The van der Waals surface area contributed by atoms with Gasteiger partial charge in [0.1, 0.15) is 18.5 Å². The molecule has 2 aromatic rings. The summed E-state index contributed by atoms with van der Waals surface area (Å²) in [5, 5.41) is 22.8. The van der Waals surface area contributed by atoms with Crippen molar-refractivity contribution in [1.29, 1.82) is 0 Å². The number of carboxylic acids is 1. The van der Waals surface area contributed by atoms with E-state index < -0.39 is 22.1 Å². The van der Waals surface area contributed by atoms with Crippen LogP contribution in [-0.2, 0) is 14.8 Å². The number of aliphatic hydroxyl groups excluding tert-OH is 1. The SMILES string of the molecule is CNS(=O)(=O)c1cccc(OCC(O)CN[C@H]2COC3(CCN(c4nccc(C(=O)O)n4)CC3)C2)c1. The third-order valence-corrected chi connectivity index (χ3v) is 7.91.